The maximum Gasteiger partial charge on any atom is 0.516 e. The number of carbonyl (C=O) groups is 2. The lowest BCUT2D eigenvalue weighted by Crippen LogP contribution is -2.40. The smallest absolute Gasteiger partial charge is 0.434 e. The van der Waals surface area contributed by atoms with Gasteiger partial charge in [0.1, 0.15) is 0 Å². The third kappa shape index (κ3) is 3.71. The fourth-order valence-corrected chi connectivity index (χ4v) is 4.17. The van der Waals surface area contributed by atoms with Crippen LogP contribution < -0.4 is 0 Å². The molecule has 0 radical (unpaired) electrons. The normalized spacial score (nSPS) is 32.5. The highest BCUT2D eigenvalue weighted by Gasteiger charge is 2.42. The van der Waals surface area contributed by atoms with Crippen molar-refractivity contribution >= 4 is 12.1 Å². The summed E-state index contributed by atoms with van der Waals surface area (Å²) in [7, 11) is 0. The van der Waals surface area contributed by atoms with Crippen LogP contribution in [0.2, 0.25) is 0 Å². The topological polar surface area (TPSA) is 52.6 Å². The van der Waals surface area contributed by atoms with Crippen molar-refractivity contribution in [2.45, 2.75) is 53.4 Å². The highest BCUT2D eigenvalue weighted by Crippen LogP contribution is 2.48. The average Bonchev–Trinajstić information content (AvgIpc) is 2.47. The second-order valence-electron chi connectivity index (χ2n) is 6.90. The standard InChI is InChI=1S/C18H28O4/c1-5-21-18(20)22-17(19)13(4)15-9-7-12(3)14-8-6-11(2)10-16(14)15/h10,12-16H,5-9H2,1-4H3/t12-,13-,14+,15+,16+/m1/s1. The third-order valence-corrected chi connectivity index (χ3v) is 5.48. The van der Waals surface area contributed by atoms with Crippen molar-refractivity contribution < 1.29 is 19.1 Å². The molecule has 2 rings (SSSR count). The third-order valence-electron chi connectivity index (χ3n) is 5.48. The Balaban J connectivity index is 2.07. The maximum absolute atomic E-state index is 12.2. The minimum atomic E-state index is -0.879. The summed E-state index contributed by atoms with van der Waals surface area (Å²) in [5.74, 6) is 1.33. The fourth-order valence-electron chi connectivity index (χ4n) is 4.17. The fraction of sp³-hybridized carbons (Fsp3) is 0.778. The molecule has 0 bridgehead atoms. The molecule has 0 saturated heterocycles. The van der Waals surface area contributed by atoms with Gasteiger partial charge >= 0.3 is 12.1 Å². The van der Waals surface area contributed by atoms with E-state index in [0.29, 0.717) is 17.8 Å². The molecular formula is C18H28O4. The van der Waals surface area contributed by atoms with Crippen LogP contribution in [0.3, 0.4) is 0 Å². The molecule has 1 saturated carbocycles. The maximum atomic E-state index is 12.2. The van der Waals surface area contributed by atoms with E-state index in [4.69, 9.17) is 9.47 Å². The van der Waals surface area contributed by atoms with Gasteiger partial charge in [0.25, 0.3) is 0 Å². The van der Waals surface area contributed by atoms with Crippen LogP contribution in [0, 0.1) is 29.6 Å². The number of esters is 1. The predicted molar refractivity (Wildman–Crippen MR) is 84.1 cm³/mol. The monoisotopic (exact) mass is 308 g/mol. The number of hydrogen-bond acceptors (Lipinski definition) is 4. The zero-order chi connectivity index (χ0) is 16.3. The van der Waals surface area contributed by atoms with Gasteiger partial charge in [0.2, 0.25) is 0 Å². The molecule has 0 spiro atoms. The van der Waals surface area contributed by atoms with Gasteiger partial charge in [0, 0.05) is 0 Å². The largest absolute Gasteiger partial charge is 0.516 e. The lowest BCUT2D eigenvalue weighted by Gasteiger charge is -2.45. The van der Waals surface area contributed by atoms with Gasteiger partial charge < -0.3 is 9.47 Å². The van der Waals surface area contributed by atoms with Crippen molar-refractivity contribution in [1.82, 2.24) is 0 Å². The van der Waals surface area contributed by atoms with E-state index in [1.54, 1.807) is 6.92 Å². The quantitative estimate of drug-likeness (QED) is 0.442. The predicted octanol–water partition coefficient (Wildman–Crippen LogP) is 4.34. The van der Waals surface area contributed by atoms with Gasteiger partial charge in [0.05, 0.1) is 12.5 Å². The van der Waals surface area contributed by atoms with Crippen LogP contribution in [-0.2, 0) is 14.3 Å². The Labute approximate surface area is 133 Å². The van der Waals surface area contributed by atoms with E-state index in [-0.39, 0.29) is 18.4 Å². The number of ether oxygens (including phenoxy) is 2. The average molecular weight is 308 g/mol. The van der Waals surface area contributed by atoms with Crippen LogP contribution in [-0.4, -0.2) is 18.7 Å². The summed E-state index contributed by atoms with van der Waals surface area (Å²) < 4.78 is 9.52. The van der Waals surface area contributed by atoms with Crippen LogP contribution in [0.25, 0.3) is 0 Å². The summed E-state index contributed by atoms with van der Waals surface area (Å²) >= 11 is 0. The van der Waals surface area contributed by atoms with Crippen molar-refractivity contribution in [1.29, 1.82) is 0 Å². The van der Waals surface area contributed by atoms with E-state index in [0.717, 1.165) is 12.8 Å². The van der Waals surface area contributed by atoms with Crippen LogP contribution in [0.5, 0.6) is 0 Å². The first-order chi connectivity index (χ1) is 10.4. The van der Waals surface area contributed by atoms with E-state index in [1.165, 1.54) is 18.4 Å². The molecule has 0 aromatic heterocycles. The first kappa shape index (κ1) is 17.0. The van der Waals surface area contributed by atoms with E-state index in [2.05, 4.69) is 19.9 Å². The number of hydrogen-bond donors (Lipinski definition) is 0. The molecule has 2 aliphatic rings. The van der Waals surface area contributed by atoms with Crippen molar-refractivity contribution in [2.24, 2.45) is 29.6 Å². The van der Waals surface area contributed by atoms with Gasteiger partial charge in [-0.05, 0) is 56.8 Å². The second kappa shape index (κ2) is 7.30. The molecular weight excluding hydrogens is 280 g/mol. The van der Waals surface area contributed by atoms with Gasteiger partial charge in [-0.1, -0.05) is 31.9 Å². The zero-order valence-electron chi connectivity index (χ0n) is 14.1. The molecule has 2 aliphatic carbocycles. The van der Waals surface area contributed by atoms with E-state index in [1.807, 2.05) is 6.92 Å². The van der Waals surface area contributed by atoms with Gasteiger partial charge in [-0.2, -0.15) is 0 Å². The Hall–Kier alpha value is -1.32. The number of rotatable bonds is 3. The minimum absolute atomic E-state index is 0.216. The molecule has 0 unspecified atom stereocenters. The Kier molecular flexibility index (Phi) is 5.65. The first-order valence-electron chi connectivity index (χ1n) is 8.49. The lowest BCUT2D eigenvalue weighted by atomic mass is 9.60. The lowest BCUT2D eigenvalue weighted by molar-refractivity contribution is -0.147. The molecule has 5 atom stereocenters. The van der Waals surface area contributed by atoms with Crippen molar-refractivity contribution in [2.75, 3.05) is 6.61 Å². The van der Waals surface area contributed by atoms with Gasteiger partial charge in [-0.25, -0.2) is 4.79 Å². The summed E-state index contributed by atoms with van der Waals surface area (Å²) in [5, 5.41) is 0. The molecule has 0 aromatic carbocycles. The molecule has 124 valence electrons. The van der Waals surface area contributed by atoms with Gasteiger partial charge in [-0.15, -0.1) is 0 Å². The van der Waals surface area contributed by atoms with Crippen LogP contribution in [0.15, 0.2) is 11.6 Å². The minimum Gasteiger partial charge on any atom is -0.434 e. The Morgan fingerprint density at radius 1 is 1.32 bits per heavy atom. The molecule has 0 amide bonds. The number of allylic oxidation sites excluding steroid dienone is 2. The summed E-state index contributed by atoms with van der Waals surface area (Å²) in [6.45, 7) is 8.29. The Bertz CT molecular complexity index is 454. The van der Waals surface area contributed by atoms with Crippen molar-refractivity contribution in [3.8, 4) is 0 Å². The van der Waals surface area contributed by atoms with Crippen molar-refractivity contribution in [3.63, 3.8) is 0 Å². The summed E-state index contributed by atoms with van der Waals surface area (Å²) in [6, 6.07) is 0. The van der Waals surface area contributed by atoms with E-state index >= 15 is 0 Å². The molecule has 0 aliphatic heterocycles. The summed E-state index contributed by atoms with van der Waals surface area (Å²) in [6.07, 6.45) is 6.03. The number of carbonyl (C=O) groups excluding carboxylic acids is 2. The van der Waals surface area contributed by atoms with Gasteiger partial charge in [0.15, 0.2) is 0 Å². The summed E-state index contributed by atoms with van der Waals surface area (Å²) in [4.78, 5) is 23.6. The van der Waals surface area contributed by atoms with Gasteiger partial charge in [-0.3, -0.25) is 4.79 Å². The van der Waals surface area contributed by atoms with E-state index in [9.17, 15) is 9.59 Å². The molecule has 4 heteroatoms. The molecule has 0 heterocycles. The van der Waals surface area contributed by atoms with Crippen LogP contribution in [0.1, 0.15) is 53.4 Å². The molecule has 22 heavy (non-hydrogen) atoms. The SMILES string of the molecule is CCOC(=O)OC(=O)[C@H](C)[C@@H]1CC[C@@H](C)[C@@H]2CCC(C)=C[C@@H]21. The highest BCUT2D eigenvalue weighted by atomic mass is 16.7. The van der Waals surface area contributed by atoms with Crippen LogP contribution in [0.4, 0.5) is 4.79 Å². The zero-order valence-corrected chi connectivity index (χ0v) is 14.1. The Morgan fingerprint density at radius 2 is 2.05 bits per heavy atom. The molecule has 4 nitrogen and oxygen atoms in total. The number of fused-ring (bicyclic) bond motifs is 1. The molecule has 0 aromatic rings. The second-order valence-corrected chi connectivity index (χ2v) is 6.90. The highest BCUT2D eigenvalue weighted by molar-refractivity contribution is 5.83. The van der Waals surface area contributed by atoms with Crippen molar-refractivity contribution in [3.05, 3.63) is 11.6 Å². The van der Waals surface area contributed by atoms with E-state index < -0.39 is 12.1 Å². The van der Waals surface area contributed by atoms with Crippen LogP contribution >= 0.6 is 0 Å². The molecule has 1 fully saturated rings. The first-order valence-corrected chi connectivity index (χ1v) is 8.49. The summed E-state index contributed by atoms with van der Waals surface area (Å²) in [5.41, 5.74) is 1.42. The molecule has 0 N–H and O–H groups in total. The Morgan fingerprint density at radius 3 is 2.73 bits per heavy atom.